The van der Waals surface area contributed by atoms with Gasteiger partial charge in [0.05, 0.1) is 19.8 Å². The summed E-state index contributed by atoms with van der Waals surface area (Å²) in [6.07, 6.45) is 0. The number of hydrogen-bond donors (Lipinski definition) is 2. The first-order chi connectivity index (χ1) is 14.4. The molecule has 0 fully saturated rings. The summed E-state index contributed by atoms with van der Waals surface area (Å²) >= 11 is 0. The molecule has 0 aliphatic carbocycles. The molecule has 1 aliphatic rings. The van der Waals surface area contributed by atoms with Crippen molar-refractivity contribution < 1.29 is 14.3 Å². The van der Waals surface area contributed by atoms with Crippen LogP contribution >= 0.6 is 0 Å². The Morgan fingerprint density at radius 2 is 1.93 bits per heavy atom. The maximum atomic E-state index is 12.4. The van der Waals surface area contributed by atoms with E-state index in [1.165, 1.54) is 0 Å². The topological polar surface area (TPSA) is 104 Å². The fraction of sp³-hybridized carbons (Fsp3) is 0.227. The molecule has 30 heavy (non-hydrogen) atoms. The van der Waals surface area contributed by atoms with E-state index in [4.69, 9.17) is 20.3 Å². The molecule has 1 aliphatic heterocycles. The molecule has 4 rings (SSSR count). The number of hydrogen-bond acceptors (Lipinski definition) is 6. The molecule has 8 nitrogen and oxygen atoms in total. The third kappa shape index (κ3) is 3.26. The number of benzene rings is 2. The minimum atomic E-state index is -0.592. The zero-order valence-electron chi connectivity index (χ0n) is 17.3. The number of primary amides is 1. The number of nitrogens with zero attached hydrogens (tertiary/aromatic N) is 3. The number of aromatic nitrogens is 3. The molecule has 154 valence electrons. The zero-order chi connectivity index (χ0) is 21.4. The van der Waals surface area contributed by atoms with Crippen LogP contribution in [0.4, 0.5) is 5.95 Å². The zero-order valence-corrected chi connectivity index (χ0v) is 17.3. The largest absolute Gasteiger partial charge is 0.497 e. The second-order valence-electron chi connectivity index (χ2n) is 7.11. The van der Waals surface area contributed by atoms with Crippen LogP contribution < -0.4 is 20.5 Å². The second kappa shape index (κ2) is 7.55. The van der Waals surface area contributed by atoms with Gasteiger partial charge >= 0.3 is 0 Å². The van der Waals surface area contributed by atoms with Crippen LogP contribution in [0.3, 0.4) is 0 Å². The maximum Gasteiger partial charge on any atom is 0.248 e. The molecule has 1 atom stereocenters. The molecule has 0 saturated heterocycles. The minimum Gasteiger partial charge on any atom is -0.497 e. The van der Waals surface area contributed by atoms with Crippen molar-refractivity contribution in [3.63, 3.8) is 0 Å². The molecule has 0 saturated carbocycles. The summed E-state index contributed by atoms with van der Waals surface area (Å²) in [7, 11) is 3.15. The number of methoxy groups -OCH3 is 2. The number of carbonyl (C=O) groups is 1. The number of fused-ring (bicyclic) bond motifs is 1. The van der Waals surface area contributed by atoms with Crippen molar-refractivity contribution in [3.05, 3.63) is 64.9 Å². The van der Waals surface area contributed by atoms with Crippen LogP contribution in [0.5, 0.6) is 11.5 Å². The van der Waals surface area contributed by atoms with E-state index in [0.29, 0.717) is 34.5 Å². The van der Waals surface area contributed by atoms with E-state index in [1.807, 2.05) is 43.3 Å². The molecule has 2 aromatic carbocycles. The Morgan fingerprint density at radius 3 is 2.60 bits per heavy atom. The Balaban J connectivity index is 1.92. The van der Waals surface area contributed by atoms with Crippen LogP contribution in [0.2, 0.25) is 0 Å². The van der Waals surface area contributed by atoms with Crippen LogP contribution in [0.25, 0.3) is 11.4 Å². The number of ether oxygens (including phenoxy) is 2. The van der Waals surface area contributed by atoms with Gasteiger partial charge in [0.2, 0.25) is 11.9 Å². The Morgan fingerprint density at radius 1 is 1.13 bits per heavy atom. The second-order valence-corrected chi connectivity index (χ2v) is 7.11. The van der Waals surface area contributed by atoms with Crippen molar-refractivity contribution >= 4 is 11.9 Å². The van der Waals surface area contributed by atoms with Crippen LogP contribution in [-0.4, -0.2) is 34.9 Å². The highest BCUT2D eigenvalue weighted by Crippen LogP contribution is 2.40. The fourth-order valence-corrected chi connectivity index (χ4v) is 3.71. The van der Waals surface area contributed by atoms with Gasteiger partial charge in [-0.1, -0.05) is 23.8 Å². The predicted octanol–water partition coefficient (Wildman–Crippen LogP) is 3.04. The number of amides is 1. The first-order valence-electron chi connectivity index (χ1n) is 9.46. The summed E-state index contributed by atoms with van der Waals surface area (Å²) in [5.74, 6) is 1.74. The Kier molecular flexibility index (Phi) is 4.91. The molecular weight excluding hydrogens is 382 g/mol. The number of nitrogens with two attached hydrogens (primary N) is 1. The van der Waals surface area contributed by atoms with Gasteiger partial charge in [-0.3, -0.25) is 4.79 Å². The summed E-state index contributed by atoms with van der Waals surface area (Å²) in [6, 6.07) is 12.8. The molecule has 8 heteroatoms. The van der Waals surface area contributed by atoms with Gasteiger partial charge in [-0.15, -0.1) is 5.10 Å². The lowest BCUT2D eigenvalue weighted by Crippen LogP contribution is -2.32. The summed E-state index contributed by atoms with van der Waals surface area (Å²) in [6.45, 7) is 3.81. The molecule has 3 N–H and O–H groups in total. The van der Waals surface area contributed by atoms with Gasteiger partial charge in [-0.25, -0.2) is 4.68 Å². The monoisotopic (exact) mass is 405 g/mol. The summed E-state index contributed by atoms with van der Waals surface area (Å²) < 4.78 is 12.6. The molecule has 0 bridgehead atoms. The number of nitrogens with one attached hydrogen (secondary N) is 1. The Labute approximate surface area is 174 Å². The van der Waals surface area contributed by atoms with Gasteiger partial charge in [0.1, 0.15) is 17.5 Å². The molecule has 0 spiro atoms. The first-order valence-corrected chi connectivity index (χ1v) is 9.46. The predicted molar refractivity (Wildman–Crippen MR) is 113 cm³/mol. The standard InChI is InChI=1S/C22H23N5O3/c1-12-6-5-7-14(10-12)21-25-22-24-13(2)18(20(23)28)19(27(22)26-21)16-9-8-15(29-3)11-17(16)30-4/h5-11,19H,1-4H3,(H2,23,28)(H,24,25,26). The lowest BCUT2D eigenvalue weighted by Gasteiger charge is -2.28. The number of carbonyl (C=O) groups excluding carboxylic acids is 1. The van der Waals surface area contributed by atoms with Crippen molar-refractivity contribution in [2.75, 3.05) is 19.5 Å². The highest BCUT2D eigenvalue weighted by atomic mass is 16.5. The molecular formula is C22H23N5O3. The number of allylic oxidation sites excluding steroid dienone is 1. The van der Waals surface area contributed by atoms with Crippen molar-refractivity contribution in [2.24, 2.45) is 5.73 Å². The molecule has 1 unspecified atom stereocenters. The van der Waals surface area contributed by atoms with E-state index >= 15 is 0 Å². The van der Waals surface area contributed by atoms with Gasteiger partial charge in [-0.05, 0) is 32.0 Å². The van der Waals surface area contributed by atoms with Gasteiger partial charge in [0.25, 0.3) is 0 Å². The third-order valence-corrected chi connectivity index (χ3v) is 5.13. The van der Waals surface area contributed by atoms with Crippen molar-refractivity contribution in [3.8, 4) is 22.9 Å². The van der Waals surface area contributed by atoms with Gasteiger partial charge < -0.3 is 20.5 Å². The third-order valence-electron chi connectivity index (χ3n) is 5.13. The number of rotatable bonds is 5. The minimum absolute atomic E-state index is 0.395. The van der Waals surface area contributed by atoms with E-state index in [9.17, 15) is 4.79 Å². The van der Waals surface area contributed by atoms with Crippen LogP contribution in [0.1, 0.15) is 24.1 Å². The summed E-state index contributed by atoms with van der Waals surface area (Å²) in [4.78, 5) is 17.1. The molecule has 1 aromatic heterocycles. The van der Waals surface area contributed by atoms with Crippen molar-refractivity contribution in [1.82, 2.24) is 14.8 Å². The molecule has 1 amide bonds. The summed E-state index contributed by atoms with van der Waals surface area (Å²) in [5.41, 5.74) is 9.51. The van der Waals surface area contributed by atoms with E-state index in [2.05, 4.69) is 10.3 Å². The Bertz CT molecular complexity index is 1170. The van der Waals surface area contributed by atoms with E-state index in [-0.39, 0.29) is 0 Å². The average Bonchev–Trinajstić information content (AvgIpc) is 3.15. The highest BCUT2D eigenvalue weighted by molar-refractivity contribution is 5.95. The van der Waals surface area contributed by atoms with E-state index in [0.717, 1.165) is 16.7 Å². The molecule has 3 aromatic rings. The summed E-state index contributed by atoms with van der Waals surface area (Å²) in [5, 5.41) is 7.88. The van der Waals surface area contributed by atoms with Gasteiger partial charge in [-0.2, -0.15) is 4.98 Å². The quantitative estimate of drug-likeness (QED) is 0.676. The SMILES string of the molecule is COc1ccc(C2C(C(N)=O)=C(C)Nc3nc(-c4cccc(C)c4)nn32)c(OC)c1. The van der Waals surface area contributed by atoms with Crippen LogP contribution in [0.15, 0.2) is 53.7 Å². The number of aryl methyl sites for hydroxylation is 1. The van der Waals surface area contributed by atoms with E-state index in [1.54, 1.807) is 31.9 Å². The first kappa shape index (κ1) is 19.5. The number of anilines is 1. The fourth-order valence-electron chi connectivity index (χ4n) is 3.71. The lowest BCUT2D eigenvalue weighted by atomic mass is 9.94. The average molecular weight is 405 g/mol. The van der Waals surface area contributed by atoms with E-state index < -0.39 is 11.9 Å². The van der Waals surface area contributed by atoms with Crippen LogP contribution in [-0.2, 0) is 4.79 Å². The highest BCUT2D eigenvalue weighted by Gasteiger charge is 2.35. The Hall–Kier alpha value is -3.81. The van der Waals surface area contributed by atoms with Gasteiger partial charge in [0, 0.05) is 22.9 Å². The smallest absolute Gasteiger partial charge is 0.248 e. The molecule has 0 radical (unpaired) electrons. The van der Waals surface area contributed by atoms with Crippen LogP contribution in [0, 0.1) is 6.92 Å². The maximum absolute atomic E-state index is 12.4. The molecule has 2 heterocycles. The normalized spacial score (nSPS) is 15.4. The van der Waals surface area contributed by atoms with Crippen molar-refractivity contribution in [2.45, 2.75) is 19.9 Å². The lowest BCUT2D eigenvalue weighted by molar-refractivity contribution is -0.115. The van der Waals surface area contributed by atoms with Gasteiger partial charge in [0.15, 0.2) is 5.82 Å². The van der Waals surface area contributed by atoms with Crippen molar-refractivity contribution in [1.29, 1.82) is 0 Å².